The molecule has 0 saturated heterocycles. The number of hydrogen-bond donors (Lipinski definition) is 0. The van der Waals surface area contributed by atoms with Gasteiger partial charge in [-0.3, -0.25) is 4.90 Å². The zero-order valence-electron chi connectivity index (χ0n) is 47.8. The van der Waals surface area contributed by atoms with Gasteiger partial charge in [-0.15, -0.1) is 0 Å². The van der Waals surface area contributed by atoms with Crippen molar-refractivity contribution in [2.75, 3.05) is 9.71 Å². The fraction of sp³-hybridized carbons (Fsp3) is 0.380. The first kappa shape index (κ1) is 48.4. The maximum Gasteiger partial charge on any atom is 0.337 e. The SMILES string of the molecule is CC(C)(C)c1ccc(N2c3oc4cc5c(cc4c3B3c4c(cc6c(c42)C(C)(C)c2ccccc2-6)-c2ccc(C(C)(C)C)cc2N3c2ccc3c(c2)C(C)(C)CCC3(C)C)C(C)(C)CCC5(C)C)c(-c2ccccc2)c1. The molecule has 0 amide bonds. The Bertz CT molecular complexity index is 3730. The van der Waals surface area contributed by atoms with Gasteiger partial charge in [-0.05, 0) is 179 Å². The lowest BCUT2D eigenvalue weighted by atomic mass is 9.43. The van der Waals surface area contributed by atoms with E-state index in [9.17, 15) is 0 Å². The topological polar surface area (TPSA) is 19.6 Å². The molecule has 5 aliphatic rings. The molecule has 8 aromatic rings. The highest BCUT2D eigenvalue weighted by Crippen LogP contribution is 2.60. The van der Waals surface area contributed by atoms with Crippen LogP contribution >= 0.6 is 0 Å². The normalized spacial score (nSPS) is 18.9. The summed E-state index contributed by atoms with van der Waals surface area (Å²) in [7, 11) is 0. The van der Waals surface area contributed by atoms with Gasteiger partial charge in [-0.25, -0.2) is 0 Å². The third-order valence-corrected chi connectivity index (χ3v) is 19.5. The fourth-order valence-electron chi connectivity index (χ4n) is 14.6. The predicted molar refractivity (Wildman–Crippen MR) is 321 cm³/mol. The van der Waals surface area contributed by atoms with E-state index >= 15 is 0 Å². The average Bonchev–Trinajstić information content (AvgIpc) is 4.09. The van der Waals surface area contributed by atoms with Gasteiger partial charge >= 0.3 is 6.85 Å². The minimum absolute atomic E-state index is 0.00213. The Kier molecular flexibility index (Phi) is 9.97. The van der Waals surface area contributed by atoms with Gasteiger partial charge in [0.15, 0.2) is 0 Å². The van der Waals surface area contributed by atoms with Crippen LogP contribution in [0.15, 0.2) is 132 Å². The first-order chi connectivity index (χ1) is 35.2. The molecule has 0 fully saturated rings. The number of nitrogens with zero attached hydrogens (tertiary/aromatic N) is 2. The third kappa shape index (κ3) is 6.92. The summed E-state index contributed by atoms with van der Waals surface area (Å²) in [6, 6.07) is 50.4. The van der Waals surface area contributed by atoms with Gasteiger partial charge in [-0.2, -0.15) is 0 Å². The van der Waals surface area contributed by atoms with Crippen molar-refractivity contribution in [2.45, 2.75) is 174 Å². The quantitative estimate of drug-likeness (QED) is 0.165. The van der Waals surface area contributed by atoms with E-state index in [1.807, 2.05) is 0 Å². The second-order valence-electron chi connectivity index (χ2n) is 28.7. The molecule has 0 atom stereocenters. The van der Waals surface area contributed by atoms with E-state index < -0.39 is 0 Å². The maximum absolute atomic E-state index is 7.93. The Hall–Kier alpha value is -6.26. The third-order valence-electron chi connectivity index (χ3n) is 19.5. The molecule has 3 nitrogen and oxygen atoms in total. The second-order valence-corrected chi connectivity index (χ2v) is 28.7. The van der Waals surface area contributed by atoms with E-state index in [0.29, 0.717) is 0 Å². The first-order valence-corrected chi connectivity index (χ1v) is 28.2. The molecule has 1 aromatic heterocycles. The highest BCUT2D eigenvalue weighted by Gasteiger charge is 2.54. The van der Waals surface area contributed by atoms with Crippen LogP contribution in [0.2, 0.25) is 0 Å². The van der Waals surface area contributed by atoms with Crippen LogP contribution in [0, 0.1) is 0 Å². The minimum Gasteiger partial charge on any atom is -0.440 e. The molecule has 3 aliphatic carbocycles. The minimum atomic E-state index is -0.337. The lowest BCUT2D eigenvalue weighted by molar-refractivity contribution is 0.332. The highest BCUT2D eigenvalue weighted by molar-refractivity contribution is 6.95. The Morgan fingerprint density at radius 3 is 1.71 bits per heavy atom. The van der Waals surface area contributed by atoms with E-state index in [1.165, 1.54) is 118 Å². The van der Waals surface area contributed by atoms with E-state index in [2.05, 4.69) is 248 Å². The van der Waals surface area contributed by atoms with Gasteiger partial charge in [0.05, 0.1) is 11.4 Å². The van der Waals surface area contributed by atoms with Crippen LogP contribution in [-0.4, -0.2) is 6.85 Å². The van der Waals surface area contributed by atoms with Crippen molar-refractivity contribution < 1.29 is 4.42 Å². The van der Waals surface area contributed by atoms with Gasteiger partial charge < -0.3 is 9.23 Å². The second kappa shape index (κ2) is 15.5. The molecule has 2 aliphatic heterocycles. The molecule has 0 unspecified atom stereocenters. The Balaban J connectivity index is 1.24. The number of anilines is 5. The molecular formula is C71H77BN2O. The molecule has 0 spiro atoms. The molecule has 3 heterocycles. The van der Waals surface area contributed by atoms with Crippen molar-refractivity contribution in [1.29, 1.82) is 0 Å². The van der Waals surface area contributed by atoms with E-state index in [1.54, 1.807) is 0 Å². The van der Waals surface area contributed by atoms with Crippen molar-refractivity contribution in [3.05, 3.63) is 172 Å². The van der Waals surface area contributed by atoms with Crippen LogP contribution in [0.4, 0.5) is 28.6 Å². The van der Waals surface area contributed by atoms with E-state index in [0.717, 1.165) is 36.4 Å². The van der Waals surface area contributed by atoms with Gasteiger partial charge in [0.25, 0.3) is 0 Å². The number of furan rings is 1. The van der Waals surface area contributed by atoms with Crippen LogP contribution in [0.3, 0.4) is 0 Å². The molecule has 0 bridgehead atoms. The van der Waals surface area contributed by atoms with Crippen LogP contribution in [-0.2, 0) is 37.9 Å². The zero-order chi connectivity index (χ0) is 52.9. The van der Waals surface area contributed by atoms with Crippen LogP contribution < -0.4 is 20.6 Å². The van der Waals surface area contributed by atoms with Gasteiger partial charge in [0, 0.05) is 38.8 Å². The van der Waals surface area contributed by atoms with Crippen molar-refractivity contribution >= 4 is 57.4 Å². The molecule has 75 heavy (non-hydrogen) atoms. The summed E-state index contributed by atoms with van der Waals surface area (Å²) in [6.45, 7) is 38.5. The number of rotatable bonds is 3. The number of hydrogen-bond acceptors (Lipinski definition) is 3. The summed E-state index contributed by atoms with van der Waals surface area (Å²) in [5.41, 5.74) is 26.9. The van der Waals surface area contributed by atoms with Crippen molar-refractivity contribution in [3.63, 3.8) is 0 Å². The fourth-order valence-corrected chi connectivity index (χ4v) is 14.6. The Labute approximate surface area is 448 Å². The largest absolute Gasteiger partial charge is 0.440 e. The number of benzene rings is 7. The summed E-state index contributed by atoms with van der Waals surface area (Å²) in [5, 5.41) is 1.22. The smallest absolute Gasteiger partial charge is 0.337 e. The standard InChI is InChI=1S/C71H77BN2O/c1-65(2,3)43-27-31-57(48(36-43)42-22-18-17-19-23-42)73-63-60-49(46-24-20-21-25-52(46)71(60,15)16)39-50-47-29-26-44(66(4,5)6)37-58(47)74(45-28-30-53-54(38-45)68(9,10)33-32-67(53,7)8)72(61(50)63)62-51-40-55-56(41-59(51)75-64(62)73)70(13,14)35-34-69(55,11)12/h17-31,36-41H,32-35H2,1-16H3. The predicted octanol–water partition coefficient (Wildman–Crippen LogP) is 18.4. The maximum atomic E-state index is 7.93. The summed E-state index contributed by atoms with van der Waals surface area (Å²) in [5.74, 6) is 0.923. The van der Waals surface area contributed by atoms with Crippen molar-refractivity contribution in [3.8, 4) is 33.4 Å². The summed E-state index contributed by atoms with van der Waals surface area (Å²) < 4.78 is 7.93. The van der Waals surface area contributed by atoms with Crippen LogP contribution in [0.25, 0.3) is 44.3 Å². The molecule has 7 aromatic carbocycles. The van der Waals surface area contributed by atoms with Crippen LogP contribution in [0.5, 0.6) is 0 Å². The van der Waals surface area contributed by atoms with Gasteiger partial charge in [-0.1, -0.05) is 190 Å². The van der Waals surface area contributed by atoms with Crippen molar-refractivity contribution in [2.24, 2.45) is 0 Å². The van der Waals surface area contributed by atoms with Gasteiger partial charge in [0.2, 0.25) is 5.88 Å². The Morgan fingerprint density at radius 1 is 0.453 bits per heavy atom. The molecule has 0 saturated carbocycles. The summed E-state index contributed by atoms with van der Waals surface area (Å²) in [6.07, 6.45) is 4.60. The van der Waals surface area contributed by atoms with Gasteiger partial charge in [0.1, 0.15) is 5.58 Å². The van der Waals surface area contributed by atoms with E-state index in [4.69, 9.17) is 4.42 Å². The molecule has 13 rings (SSSR count). The first-order valence-electron chi connectivity index (χ1n) is 28.2. The molecular weight excluding hydrogens is 908 g/mol. The lowest BCUT2D eigenvalue weighted by Crippen LogP contribution is -2.62. The average molecular weight is 985 g/mol. The summed E-state index contributed by atoms with van der Waals surface area (Å²) in [4.78, 5) is 5.42. The lowest BCUT2D eigenvalue weighted by Gasteiger charge is -2.47. The van der Waals surface area contributed by atoms with Crippen molar-refractivity contribution in [1.82, 2.24) is 0 Å². The highest BCUT2D eigenvalue weighted by atomic mass is 16.4. The molecule has 380 valence electrons. The van der Waals surface area contributed by atoms with Crippen LogP contribution in [0.1, 0.15) is 181 Å². The molecule has 0 radical (unpaired) electrons. The molecule has 0 N–H and O–H groups in total. The monoisotopic (exact) mass is 985 g/mol. The number of fused-ring (bicyclic) bond motifs is 12. The molecule has 4 heteroatoms. The zero-order valence-corrected chi connectivity index (χ0v) is 47.8. The Morgan fingerprint density at radius 2 is 1.04 bits per heavy atom. The summed E-state index contributed by atoms with van der Waals surface area (Å²) >= 11 is 0. The van der Waals surface area contributed by atoms with E-state index in [-0.39, 0.29) is 44.8 Å².